The van der Waals surface area contributed by atoms with Gasteiger partial charge in [-0.3, -0.25) is 0 Å². The molecule has 0 fully saturated rings. The second-order valence-corrected chi connectivity index (χ2v) is 5.95. The lowest BCUT2D eigenvalue weighted by Crippen LogP contribution is -2.23. The van der Waals surface area contributed by atoms with Crippen molar-refractivity contribution in [3.63, 3.8) is 0 Å². The second-order valence-electron chi connectivity index (χ2n) is 4.66. The van der Waals surface area contributed by atoms with Crippen molar-refractivity contribution >= 4 is 33.3 Å². The van der Waals surface area contributed by atoms with E-state index in [0.717, 1.165) is 20.9 Å². The Morgan fingerprint density at radius 3 is 2.47 bits per heavy atom. The standard InChI is InChI=1S/C15H16BrClN2/c1-10-8-14(16)15(18-9-10)19(3)11(2)12-4-6-13(17)7-5-12/h4-9,11H,1-3H3. The summed E-state index contributed by atoms with van der Waals surface area (Å²) >= 11 is 9.50. The van der Waals surface area contributed by atoms with Crippen LogP contribution in [0.4, 0.5) is 5.82 Å². The molecule has 2 aromatic rings. The highest BCUT2D eigenvalue weighted by Gasteiger charge is 2.15. The van der Waals surface area contributed by atoms with Gasteiger partial charge < -0.3 is 4.90 Å². The average Bonchev–Trinajstić information content (AvgIpc) is 2.38. The number of pyridine rings is 1. The Balaban J connectivity index is 2.27. The molecule has 1 unspecified atom stereocenters. The molecule has 100 valence electrons. The van der Waals surface area contributed by atoms with E-state index in [-0.39, 0.29) is 6.04 Å². The van der Waals surface area contributed by atoms with Crippen LogP contribution >= 0.6 is 27.5 Å². The summed E-state index contributed by atoms with van der Waals surface area (Å²) in [6.07, 6.45) is 1.88. The third kappa shape index (κ3) is 3.28. The van der Waals surface area contributed by atoms with Crippen molar-refractivity contribution in [2.24, 2.45) is 0 Å². The molecular formula is C15H16BrClN2. The summed E-state index contributed by atoms with van der Waals surface area (Å²) in [6.45, 7) is 4.18. The average molecular weight is 340 g/mol. The maximum absolute atomic E-state index is 5.92. The molecule has 1 aromatic heterocycles. The molecule has 0 aliphatic heterocycles. The Morgan fingerprint density at radius 2 is 1.89 bits per heavy atom. The van der Waals surface area contributed by atoms with Gasteiger partial charge in [-0.15, -0.1) is 0 Å². The molecular weight excluding hydrogens is 324 g/mol. The molecule has 0 N–H and O–H groups in total. The number of benzene rings is 1. The molecule has 0 radical (unpaired) electrons. The normalized spacial score (nSPS) is 12.3. The quantitative estimate of drug-likeness (QED) is 0.782. The molecule has 2 rings (SSSR count). The van der Waals surface area contributed by atoms with E-state index in [9.17, 15) is 0 Å². The molecule has 0 saturated carbocycles. The zero-order chi connectivity index (χ0) is 14.0. The summed E-state index contributed by atoms with van der Waals surface area (Å²) in [5, 5.41) is 0.758. The minimum Gasteiger partial charge on any atom is -0.352 e. The molecule has 4 heteroatoms. The number of hydrogen-bond donors (Lipinski definition) is 0. The maximum atomic E-state index is 5.92. The maximum Gasteiger partial charge on any atom is 0.143 e. The van der Waals surface area contributed by atoms with Gasteiger partial charge in [-0.2, -0.15) is 0 Å². The number of halogens is 2. The lowest BCUT2D eigenvalue weighted by molar-refractivity contribution is 0.726. The first-order valence-electron chi connectivity index (χ1n) is 6.09. The fourth-order valence-corrected chi connectivity index (χ4v) is 2.80. The van der Waals surface area contributed by atoms with Gasteiger partial charge in [0, 0.05) is 18.3 Å². The van der Waals surface area contributed by atoms with Crippen LogP contribution in [0.25, 0.3) is 0 Å². The number of aromatic nitrogens is 1. The summed E-state index contributed by atoms with van der Waals surface area (Å²) in [5.74, 6) is 0.938. The van der Waals surface area contributed by atoms with E-state index in [2.05, 4.69) is 38.8 Å². The highest BCUT2D eigenvalue weighted by atomic mass is 79.9. The van der Waals surface area contributed by atoms with Crippen molar-refractivity contribution < 1.29 is 0 Å². The molecule has 0 spiro atoms. The Bertz CT molecular complexity index is 569. The topological polar surface area (TPSA) is 16.1 Å². The second kappa shape index (κ2) is 5.93. The predicted octanol–water partition coefficient (Wildman–Crippen LogP) is 5.00. The van der Waals surface area contributed by atoms with Crippen LogP contribution in [0.1, 0.15) is 24.1 Å². The van der Waals surface area contributed by atoms with Gasteiger partial charge in [0.05, 0.1) is 10.5 Å². The smallest absolute Gasteiger partial charge is 0.143 e. The van der Waals surface area contributed by atoms with E-state index >= 15 is 0 Å². The van der Waals surface area contributed by atoms with Crippen LogP contribution in [0.15, 0.2) is 41.0 Å². The summed E-state index contributed by atoms with van der Waals surface area (Å²) in [7, 11) is 2.04. The van der Waals surface area contributed by atoms with Crippen molar-refractivity contribution in [1.82, 2.24) is 4.98 Å². The largest absolute Gasteiger partial charge is 0.352 e. The SMILES string of the molecule is Cc1cnc(N(C)C(C)c2ccc(Cl)cc2)c(Br)c1. The van der Waals surface area contributed by atoms with Crippen molar-refractivity contribution in [3.05, 3.63) is 57.2 Å². The lowest BCUT2D eigenvalue weighted by atomic mass is 10.1. The minimum absolute atomic E-state index is 0.226. The number of hydrogen-bond acceptors (Lipinski definition) is 2. The molecule has 0 aliphatic rings. The molecule has 2 nitrogen and oxygen atoms in total. The zero-order valence-electron chi connectivity index (χ0n) is 11.2. The Labute approximate surface area is 127 Å². The molecule has 0 amide bonds. The molecule has 0 saturated heterocycles. The Kier molecular flexibility index (Phi) is 4.48. The molecule has 19 heavy (non-hydrogen) atoms. The van der Waals surface area contributed by atoms with Crippen LogP contribution in [0.2, 0.25) is 5.02 Å². The third-order valence-corrected chi connectivity index (χ3v) is 4.06. The van der Waals surface area contributed by atoms with E-state index in [1.54, 1.807) is 0 Å². The van der Waals surface area contributed by atoms with Gasteiger partial charge in [0.1, 0.15) is 5.82 Å². The fourth-order valence-electron chi connectivity index (χ4n) is 1.93. The molecule has 1 aromatic carbocycles. The minimum atomic E-state index is 0.226. The number of anilines is 1. The predicted molar refractivity (Wildman–Crippen MR) is 84.9 cm³/mol. The van der Waals surface area contributed by atoms with Gasteiger partial charge in [-0.25, -0.2) is 4.98 Å². The van der Waals surface area contributed by atoms with Crippen LogP contribution in [0.5, 0.6) is 0 Å². The first-order chi connectivity index (χ1) is 8.99. The van der Waals surface area contributed by atoms with Gasteiger partial charge in [-0.1, -0.05) is 23.7 Å². The van der Waals surface area contributed by atoms with Crippen LogP contribution in [0.3, 0.4) is 0 Å². The lowest BCUT2D eigenvalue weighted by Gasteiger charge is -2.27. The number of aryl methyl sites for hydroxylation is 1. The van der Waals surface area contributed by atoms with Crippen LogP contribution in [-0.2, 0) is 0 Å². The van der Waals surface area contributed by atoms with Crippen molar-refractivity contribution in [1.29, 1.82) is 0 Å². The zero-order valence-corrected chi connectivity index (χ0v) is 13.5. The van der Waals surface area contributed by atoms with E-state index in [1.807, 2.05) is 44.4 Å². The van der Waals surface area contributed by atoms with Crippen LogP contribution < -0.4 is 4.90 Å². The van der Waals surface area contributed by atoms with E-state index in [1.165, 1.54) is 5.56 Å². The first-order valence-corrected chi connectivity index (χ1v) is 7.26. The van der Waals surface area contributed by atoms with Gasteiger partial charge in [-0.05, 0) is 59.1 Å². The van der Waals surface area contributed by atoms with Crippen molar-refractivity contribution in [2.45, 2.75) is 19.9 Å². The third-order valence-electron chi connectivity index (χ3n) is 3.23. The monoisotopic (exact) mass is 338 g/mol. The molecule has 0 aliphatic carbocycles. The van der Waals surface area contributed by atoms with Crippen LogP contribution in [0, 0.1) is 6.92 Å². The van der Waals surface area contributed by atoms with Crippen molar-refractivity contribution in [2.75, 3.05) is 11.9 Å². The molecule has 1 heterocycles. The van der Waals surface area contributed by atoms with Gasteiger partial charge in [0.15, 0.2) is 0 Å². The Hall–Kier alpha value is -1.06. The fraction of sp³-hybridized carbons (Fsp3) is 0.267. The van der Waals surface area contributed by atoms with E-state index in [4.69, 9.17) is 11.6 Å². The molecule has 0 bridgehead atoms. The van der Waals surface area contributed by atoms with Crippen LogP contribution in [-0.4, -0.2) is 12.0 Å². The summed E-state index contributed by atoms with van der Waals surface area (Å²) in [4.78, 5) is 6.64. The van der Waals surface area contributed by atoms with E-state index in [0.29, 0.717) is 0 Å². The number of nitrogens with zero attached hydrogens (tertiary/aromatic N) is 2. The number of rotatable bonds is 3. The summed E-state index contributed by atoms with van der Waals surface area (Å²) in [6, 6.07) is 10.2. The molecule has 1 atom stereocenters. The van der Waals surface area contributed by atoms with E-state index < -0.39 is 0 Å². The van der Waals surface area contributed by atoms with Gasteiger partial charge in [0.25, 0.3) is 0 Å². The van der Waals surface area contributed by atoms with Gasteiger partial charge >= 0.3 is 0 Å². The van der Waals surface area contributed by atoms with Gasteiger partial charge in [0.2, 0.25) is 0 Å². The first kappa shape index (κ1) is 14.4. The summed E-state index contributed by atoms with van der Waals surface area (Å²) < 4.78 is 1.01. The Morgan fingerprint density at radius 1 is 1.26 bits per heavy atom. The highest BCUT2D eigenvalue weighted by Crippen LogP contribution is 2.30. The highest BCUT2D eigenvalue weighted by molar-refractivity contribution is 9.10. The van der Waals surface area contributed by atoms with Crippen molar-refractivity contribution in [3.8, 4) is 0 Å². The summed E-state index contributed by atoms with van der Waals surface area (Å²) in [5.41, 5.74) is 2.35.